The number of nitrogens with zero attached hydrogens (tertiary/aromatic N) is 1. The van der Waals surface area contributed by atoms with Crippen LogP contribution in [0.25, 0.3) is 11.4 Å². The Morgan fingerprint density at radius 1 is 1.42 bits per heavy atom. The lowest BCUT2D eigenvalue weighted by Gasteiger charge is -1.98. The Morgan fingerprint density at radius 2 is 2.21 bits per heavy atom. The Labute approximate surface area is 119 Å². The molecule has 0 radical (unpaired) electrons. The Hall–Kier alpha value is -1.48. The predicted molar refractivity (Wildman–Crippen MR) is 82.3 cm³/mol. The van der Waals surface area contributed by atoms with E-state index in [9.17, 15) is 0 Å². The second-order valence-electron chi connectivity index (χ2n) is 5.03. The summed E-state index contributed by atoms with van der Waals surface area (Å²) in [6, 6.07) is 3.97. The van der Waals surface area contributed by atoms with E-state index in [-0.39, 0.29) is 0 Å². The largest absolute Gasteiger partial charge is 0.360 e. The third-order valence-electron chi connectivity index (χ3n) is 2.98. The summed E-state index contributed by atoms with van der Waals surface area (Å²) in [5.74, 6) is 0.564. The number of H-pyrrole nitrogens is 2. The summed E-state index contributed by atoms with van der Waals surface area (Å²) in [6.07, 6.45) is 4.68. The zero-order chi connectivity index (χ0) is 13.8. The van der Waals surface area contributed by atoms with Gasteiger partial charge in [-0.25, -0.2) is 0 Å². The van der Waals surface area contributed by atoms with Crippen molar-refractivity contribution in [2.75, 3.05) is 6.54 Å². The number of aliphatic imine (C=N–C) groups is 1. The normalized spacial score (nSPS) is 11.8. The summed E-state index contributed by atoms with van der Waals surface area (Å²) in [7, 11) is 0. The van der Waals surface area contributed by atoms with Crippen LogP contribution in [0.4, 0.5) is 0 Å². The molecule has 2 aromatic heterocycles. The molecule has 0 saturated heterocycles. The summed E-state index contributed by atoms with van der Waals surface area (Å²) in [4.78, 5) is 11.0. The van der Waals surface area contributed by atoms with E-state index in [1.807, 2.05) is 24.5 Å². The van der Waals surface area contributed by atoms with E-state index in [2.05, 4.69) is 35.7 Å². The van der Waals surface area contributed by atoms with Gasteiger partial charge in [-0.2, -0.15) is 0 Å². The molecule has 2 rings (SSSR count). The average molecular weight is 278 g/mol. The minimum atomic E-state index is 0.564. The molecule has 0 bridgehead atoms. The number of aromatic nitrogens is 2. The molecule has 0 aromatic carbocycles. The highest BCUT2D eigenvalue weighted by Crippen LogP contribution is 2.31. The molecular formula is C15H20ClN3. The molecule has 0 fully saturated rings. The third kappa shape index (κ3) is 3.10. The maximum absolute atomic E-state index is 6.45. The first-order chi connectivity index (χ1) is 9.13. The average Bonchev–Trinajstić information content (AvgIpc) is 2.97. The molecule has 2 aromatic rings. The third-order valence-corrected chi connectivity index (χ3v) is 3.40. The summed E-state index contributed by atoms with van der Waals surface area (Å²) in [5.41, 5.74) is 4.08. The topological polar surface area (TPSA) is 43.9 Å². The van der Waals surface area contributed by atoms with E-state index >= 15 is 0 Å². The van der Waals surface area contributed by atoms with Crippen molar-refractivity contribution >= 4 is 17.8 Å². The van der Waals surface area contributed by atoms with Gasteiger partial charge in [-0.05, 0) is 30.0 Å². The molecule has 0 amide bonds. The van der Waals surface area contributed by atoms with Crippen molar-refractivity contribution in [1.82, 2.24) is 9.97 Å². The summed E-state index contributed by atoms with van der Waals surface area (Å²) >= 11 is 6.45. The maximum Gasteiger partial charge on any atom is 0.0816 e. The van der Waals surface area contributed by atoms with Gasteiger partial charge in [-0.1, -0.05) is 32.4 Å². The molecule has 3 nitrogen and oxygen atoms in total. The van der Waals surface area contributed by atoms with Gasteiger partial charge in [0.25, 0.3) is 0 Å². The van der Waals surface area contributed by atoms with Crippen LogP contribution in [0.1, 0.15) is 32.0 Å². The zero-order valence-electron chi connectivity index (χ0n) is 11.6. The molecule has 0 unspecified atom stereocenters. The molecule has 4 heteroatoms. The number of hydrogen-bond donors (Lipinski definition) is 2. The molecule has 19 heavy (non-hydrogen) atoms. The van der Waals surface area contributed by atoms with Gasteiger partial charge in [0, 0.05) is 19.0 Å². The van der Waals surface area contributed by atoms with E-state index in [0.29, 0.717) is 5.92 Å². The Morgan fingerprint density at radius 3 is 2.79 bits per heavy atom. The number of halogens is 1. The lowest BCUT2D eigenvalue weighted by Crippen LogP contribution is -1.94. The highest BCUT2D eigenvalue weighted by Gasteiger charge is 2.15. The molecule has 0 aliphatic heterocycles. The highest BCUT2D eigenvalue weighted by atomic mass is 35.5. The quantitative estimate of drug-likeness (QED) is 0.766. The van der Waals surface area contributed by atoms with Crippen LogP contribution >= 0.6 is 11.6 Å². The molecule has 0 atom stereocenters. The van der Waals surface area contributed by atoms with Crippen molar-refractivity contribution in [3.63, 3.8) is 0 Å². The summed E-state index contributed by atoms with van der Waals surface area (Å²) in [5, 5.41) is 0.788. The van der Waals surface area contributed by atoms with Gasteiger partial charge in [-0.15, -0.1) is 0 Å². The Kier molecular flexibility index (Phi) is 4.48. The van der Waals surface area contributed by atoms with E-state index < -0.39 is 0 Å². The van der Waals surface area contributed by atoms with Gasteiger partial charge in [0.2, 0.25) is 0 Å². The van der Waals surface area contributed by atoms with Crippen LogP contribution in [0.3, 0.4) is 0 Å². The second-order valence-corrected chi connectivity index (χ2v) is 5.41. The van der Waals surface area contributed by atoms with Crippen LogP contribution in [0, 0.1) is 5.92 Å². The first-order valence-electron chi connectivity index (χ1n) is 6.67. The second kappa shape index (κ2) is 6.11. The number of nitrogens with one attached hydrogen (secondary N) is 2. The van der Waals surface area contributed by atoms with Crippen molar-refractivity contribution in [2.24, 2.45) is 10.9 Å². The first kappa shape index (κ1) is 13.9. The first-order valence-corrected chi connectivity index (χ1v) is 7.05. The Balaban J connectivity index is 2.34. The van der Waals surface area contributed by atoms with Crippen molar-refractivity contribution in [1.29, 1.82) is 0 Å². The summed E-state index contributed by atoms with van der Waals surface area (Å²) in [6.45, 7) is 7.25. The van der Waals surface area contributed by atoms with Crippen LogP contribution in [0.2, 0.25) is 5.02 Å². The van der Waals surface area contributed by atoms with Gasteiger partial charge in [0.05, 0.1) is 22.1 Å². The molecule has 2 heterocycles. The fourth-order valence-corrected chi connectivity index (χ4v) is 2.40. The highest BCUT2D eigenvalue weighted by molar-refractivity contribution is 6.34. The van der Waals surface area contributed by atoms with E-state index in [4.69, 9.17) is 11.6 Å². The van der Waals surface area contributed by atoms with Crippen molar-refractivity contribution in [3.05, 3.63) is 34.6 Å². The van der Waals surface area contributed by atoms with Crippen molar-refractivity contribution < 1.29 is 0 Å². The van der Waals surface area contributed by atoms with Crippen LogP contribution in [-0.2, 0) is 6.42 Å². The van der Waals surface area contributed by atoms with Gasteiger partial charge >= 0.3 is 0 Å². The van der Waals surface area contributed by atoms with Crippen LogP contribution in [0.5, 0.6) is 0 Å². The van der Waals surface area contributed by atoms with Gasteiger partial charge in [-0.3, -0.25) is 4.99 Å². The standard InChI is InChI=1S/C15H20ClN3/c1-4-11-13(9-17-8-10(2)3)19-15(14(11)16)12-6-5-7-18-12/h5-7,9-10,18-19H,4,8H2,1-3H3. The van der Waals surface area contributed by atoms with Crippen molar-refractivity contribution in [3.8, 4) is 11.4 Å². The number of aromatic amines is 2. The van der Waals surface area contributed by atoms with Crippen molar-refractivity contribution in [2.45, 2.75) is 27.2 Å². The fourth-order valence-electron chi connectivity index (χ4n) is 2.02. The minimum Gasteiger partial charge on any atom is -0.360 e. The SMILES string of the molecule is CCc1c(C=NCC(C)C)[nH]c(-c2ccc[nH]2)c1Cl. The minimum absolute atomic E-state index is 0.564. The van der Waals surface area contributed by atoms with Gasteiger partial charge in [0.1, 0.15) is 0 Å². The number of rotatable bonds is 5. The van der Waals surface area contributed by atoms with Crippen LogP contribution < -0.4 is 0 Å². The predicted octanol–water partition coefficient (Wildman–Crippen LogP) is 4.30. The molecule has 0 spiro atoms. The smallest absolute Gasteiger partial charge is 0.0816 e. The molecule has 0 aliphatic carbocycles. The lowest BCUT2D eigenvalue weighted by molar-refractivity contribution is 0.667. The maximum atomic E-state index is 6.45. The molecule has 2 N–H and O–H groups in total. The van der Waals surface area contributed by atoms with E-state index in [1.54, 1.807) is 0 Å². The van der Waals surface area contributed by atoms with Crippen LogP contribution in [0.15, 0.2) is 23.3 Å². The molecule has 0 aliphatic rings. The molecule has 0 saturated carbocycles. The molecular weight excluding hydrogens is 258 g/mol. The van der Waals surface area contributed by atoms with E-state index in [1.165, 1.54) is 0 Å². The monoisotopic (exact) mass is 277 g/mol. The molecule has 102 valence electrons. The Bertz CT molecular complexity index is 550. The van der Waals surface area contributed by atoms with E-state index in [0.717, 1.165) is 40.6 Å². The lowest BCUT2D eigenvalue weighted by atomic mass is 10.2. The number of hydrogen-bond acceptors (Lipinski definition) is 1. The van der Waals surface area contributed by atoms with Crippen LogP contribution in [-0.4, -0.2) is 22.7 Å². The van der Waals surface area contributed by atoms with Gasteiger partial charge < -0.3 is 9.97 Å². The summed E-state index contributed by atoms with van der Waals surface area (Å²) < 4.78 is 0. The fraction of sp³-hybridized carbons (Fsp3) is 0.400. The van der Waals surface area contributed by atoms with Gasteiger partial charge in [0.15, 0.2) is 0 Å². The zero-order valence-corrected chi connectivity index (χ0v) is 12.4.